The van der Waals surface area contributed by atoms with Crippen molar-refractivity contribution in [3.05, 3.63) is 24.0 Å². The third-order valence-corrected chi connectivity index (χ3v) is 4.27. The lowest BCUT2D eigenvalue weighted by Gasteiger charge is -2.34. The monoisotopic (exact) mass is 277 g/mol. The Labute approximate surface area is 118 Å². The minimum atomic E-state index is -0.677. The quantitative estimate of drug-likeness (QED) is 0.833. The predicted octanol–water partition coefficient (Wildman–Crippen LogP) is 2.57. The van der Waals surface area contributed by atoms with Crippen molar-refractivity contribution in [1.82, 2.24) is 4.98 Å². The van der Waals surface area contributed by atoms with E-state index in [1.807, 2.05) is 6.92 Å². The number of carbonyl (C=O) groups excluding carboxylic acids is 1. The van der Waals surface area contributed by atoms with E-state index in [4.69, 9.17) is 18.0 Å². The molecule has 3 N–H and O–H groups in total. The number of nitrogens with two attached hydrogens (primary N) is 1. The van der Waals surface area contributed by atoms with Crippen LogP contribution in [0, 0.1) is 12.3 Å². The predicted molar refractivity (Wildman–Crippen MR) is 79.9 cm³/mol. The van der Waals surface area contributed by atoms with Gasteiger partial charge in [-0.3, -0.25) is 9.78 Å². The highest BCUT2D eigenvalue weighted by molar-refractivity contribution is 7.80. The van der Waals surface area contributed by atoms with Gasteiger partial charge in [0.1, 0.15) is 0 Å². The van der Waals surface area contributed by atoms with Crippen LogP contribution in [0.3, 0.4) is 0 Å². The summed E-state index contributed by atoms with van der Waals surface area (Å²) in [6, 6.07) is 1.79. The Morgan fingerprint density at radius 3 is 2.68 bits per heavy atom. The lowest BCUT2D eigenvalue weighted by Crippen LogP contribution is -2.47. The number of carbonyl (C=O) groups is 1. The fraction of sp³-hybridized carbons (Fsp3) is 0.500. The van der Waals surface area contributed by atoms with E-state index < -0.39 is 5.41 Å². The zero-order valence-electron chi connectivity index (χ0n) is 11.1. The summed E-state index contributed by atoms with van der Waals surface area (Å²) in [6.07, 6.45) is 8.03. The number of nitrogens with one attached hydrogen (secondary N) is 1. The Morgan fingerprint density at radius 1 is 1.42 bits per heavy atom. The SMILES string of the molecule is Cc1cnccc1NC(=O)C1(C(N)=S)CCCCC1. The smallest absolute Gasteiger partial charge is 0.237 e. The molecule has 5 heteroatoms. The van der Waals surface area contributed by atoms with Crippen molar-refractivity contribution in [2.45, 2.75) is 39.0 Å². The van der Waals surface area contributed by atoms with E-state index in [0.717, 1.165) is 43.4 Å². The van der Waals surface area contributed by atoms with Gasteiger partial charge < -0.3 is 11.1 Å². The second kappa shape index (κ2) is 5.65. The standard InChI is InChI=1S/C14H19N3OS/c1-10-9-16-8-5-11(10)17-13(18)14(12(15)19)6-3-2-4-7-14/h5,8-9H,2-4,6-7H2,1H3,(H2,15,19)(H,16,17,18). The second-order valence-corrected chi connectivity index (χ2v) is 5.59. The number of thiocarbonyl (C=S) groups is 1. The molecule has 1 aliphatic rings. The molecule has 0 aliphatic heterocycles. The van der Waals surface area contributed by atoms with Crippen LogP contribution in [0.15, 0.2) is 18.5 Å². The van der Waals surface area contributed by atoms with Crippen molar-refractivity contribution in [3.63, 3.8) is 0 Å². The minimum absolute atomic E-state index is 0.0750. The van der Waals surface area contributed by atoms with Crippen molar-refractivity contribution >= 4 is 28.8 Å². The molecule has 1 saturated carbocycles. The summed E-state index contributed by atoms with van der Waals surface area (Å²) in [5, 5.41) is 2.96. The molecule has 0 aromatic carbocycles. The molecule has 1 heterocycles. The van der Waals surface area contributed by atoms with Crippen molar-refractivity contribution in [3.8, 4) is 0 Å². The first kappa shape index (κ1) is 13.9. The topological polar surface area (TPSA) is 68.0 Å². The molecule has 1 aliphatic carbocycles. The molecule has 1 amide bonds. The zero-order valence-corrected chi connectivity index (χ0v) is 11.9. The third kappa shape index (κ3) is 2.76. The molecule has 19 heavy (non-hydrogen) atoms. The van der Waals surface area contributed by atoms with Crippen molar-refractivity contribution in [2.24, 2.45) is 11.1 Å². The molecule has 0 atom stereocenters. The number of aryl methyl sites for hydroxylation is 1. The Bertz CT molecular complexity index is 495. The first-order chi connectivity index (χ1) is 9.06. The fourth-order valence-electron chi connectivity index (χ4n) is 2.60. The molecule has 2 rings (SSSR count). The van der Waals surface area contributed by atoms with Gasteiger partial charge in [-0.1, -0.05) is 31.5 Å². The number of anilines is 1. The molecule has 0 bridgehead atoms. The Balaban J connectivity index is 2.21. The number of hydrogen-bond acceptors (Lipinski definition) is 3. The molecule has 0 saturated heterocycles. The van der Waals surface area contributed by atoms with E-state index >= 15 is 0 Å². The van der Waals surface area contributed by atoms with Crippen LogP contribution in [0.4, 0.5) is 5.69 Å². The van der Waals surface area contributed by atoms with Crippen molar-refractivity contribution in [2.75, 3.05) is 5.32 Å². The van der Waals surface area contributed by atoms with Crippen LogP contribution in [0.25, 0.3) is 0 Å². The number of pyridine rings is 1. The number of hydrogen-bond donors (Lipinski definition) is 2. The van der Waals surface area contributed by atoms with E-state index in [9.17, 15) is 4.79 Å². The third-order valence-electron chi connectivity index (χ3n) is 3.88. The largest absolute Gasteiger partial charge is 0.392 e. The normalized spacial score (nSPS) is 17.7. The van der Waals surface area contributed by atoms with Gasteiger partial charge in [0, 0.05) is 18.1 Å². The number of rotatable bonds is 3. The lowest BCUT2D eigenvalue weighted by molar-refractivity contribution is -0.123. The highest BCUT2D eigenvalue weighted by Gasteiger charge is 2.42. The average molecular weight is 277 g/mol. The summed E-state index contributed by atoms with van der Waals surface area (Å²) < 4.78 is 0. The van der Waals surface area contributed by atoms with Gasteiger partial charge >= 0.3 is 0 Å². The van der Waals surface area contributed by atoms with Crippen LogP contribution in [0.2, 0.25) is 0 Å². The van der Waals surface area contributed by atoms with E-state index in [1.54, 1.807) is 18.5 Å². The Morgan fingerprint density at radius 2 is 2.11 bits per heavy atom. The molecule has 0 unspecified atom stereocenters. The summed E-state index contributed by atoms with van der Waals surface area (Å²) in [7, 11) is 0. The number of aromatic nitrogens is 1. The van der Waals surface area contributed by atoms with Crippen LogP contribution in [0.1, 0.15) is 37.7 Å². The van der Waals surface area contributed by atoms with Gasteiger partial charge in [0.05, 0.1) is 10.4 Å². The lowest BCUT2D eigenvalue weighted by atomic mass is 9.73. The second-order valence-electron chi connectivity index (χ2n) is 5.15. The molecular weight excluding hydrogens is 258 g/mol. The molecule has 0 radical (unpaired) electrons. The maximum Gasteiger partial charge on any atom is 0.237 e. The van der Waals surface area contributed by atoms with Crippen molar-refractivity contribution < 1.29 is 4.79 Å². The minimum Gasteiger partial charge on any atom is -0.392 e. The summed E-state index contributed by atoms with van der Waals surface area (Å²) in [4.78, 5) is 16.9. The summed E-state index contributed by atoms with van der Waals surface area (Å²) >= 11 is 5.16. The van der Waals surface area contributed by atoms with E-state index in [2.05, 4.69) is 10.3 Å². The number of nitrogens with zero attached hydrogens (tertiary/aromatic N) is 1. The van der Waals surface area contributed by atoms with E-state index in [1.165, 1.54) is 0 Å². The molecule has 1 fully saturated rings. The van der Waals surface area contributed by atoms with Crippen LogP contribution in [-0.2, 0) is 4.79 Å². The Kier molecular flexibility index (Phi) is 4.14. The molecule has 0 spiro atoms. The molecule has 1 aromatic heterocycles. The molecular formula is C14H19N3OS. The highest BCUT2D eigenvalue weighted by atomic mass is 32.1. The highest BCUT2D eigenvalue weighted by Crippen LogP contribution is 2.38. The van der Waals surface area contributed by atoms with Gasteiger partial charge in [-0.05, 0) is 31.4 Å². The first-order valence-electron chi connectivity index (χ1n) is 6.58. The molecule has 102 valence electrons. The fourth-order valence-corrected chi connectivity index (χ4v) is 2.89. The summed E-state index contributed by atoms with van der Waals surface area (Å²) in [6.45, 7) is 1.91. The van der Waals surface area contributed by atoms with E-state index in [0.29, 0.717) is 4.99 Å². The van der Waals surface area contributed by atoms with Gasteiger partial charge in [0.25, 0.3) is 0 Å². The number of amides is 1. The molecule has 1 aromatic rings. The Hall–Kier alpha value is -1.49. The maximum atomic E-state index is 12.6. The summed E-state index contributed by atoms with van der Waals surface area (Å²) in [5.74, 6) is -0.0750. The van der Waals surface area contributed by atoms with Crippen LogP contribution in [0.5, 0.6) is 0 Å². The van der Waals surface area contributed by atoms with Gasteiger partial charge in [-0.15, -0.1) is 0 Å². The van der Waals surface area contributed by atoms with Crippen LogP contribution >= 0.6 is 12.2 Å². The summed E-state index contributed by atoms with van der Waals surface area (Å²) in [5.41, 5.74) is 6.89. The average Bonchev–Trinajstić information content (AvgIpc) is 2.42. The van der Waals surface area contributed by atoms with Gasteiger partial charge in [0.15, 0.2) is 0 Å². The zero-order chi connectivity index (χ0) is 13.9. The van der Waals surface area contributed by atoms with Crippen LogP contribution in [-0.4, -0.2) is 15.9 Å². The molecule has 4 nitrogen and oxygen atoms in total. The van der Waals surface area contributed by atoms with Gasteiger partial charge in [0.2, 0.25) is 5.91 Å². The van der Waals surface area contributed by atoms with Gasteiger partial charge in [-0.25, -0.2) is 0 Å². The maximum absolute atomic E-state index is 12.6. The first-order valence-corrected chi connectivity index (χ1v) is 6.99. The van der Waals surface area contributed by atoms with Crippen LogP contribution < -0.4 is 11.1 Å². The van der Waals surface area contributed by atoms with Crippen molar-refractivity contribution in [1.29, 1.82) is 0 Å². The van der Waals surface area contributed by atoms with E-state index in [-0.39, 0.29) is 5.91 Å². The van der Waals surface area contributed by atoms with Gasteiger partial charge in [-0.2, -0.15) is 0 Å².